The number of hydrogen-bond donors (Lipinski definition) is 1. The predicted molar refractivity (Wildman–Crippen MR) is 67.3 cm³/mol. The van der Waals surface area contributed by atoms with Gasteiger partial charge in [0.2, 0.25) is 0 Å². The van der Waals surface area contributed by atoms with Crippen molar-refractivity contribution in [3.05, 3.63) is 36.5 Å². The van der Waals surface area contributed by atoms with E-state index in [4.69, 9.17) is 4.74 Å². The van der Waals surface area contributed by atoms with Gasteiger partial charge in [0, 0.05) is 11.8 Å². The van der Waals surface area contributed by atoms with E-state index in [1.807, 2.05) is 12.1 Å². The molecule has 1 aromatic heterocycles. The SMILES string of the molecule is O=C1COCC(=O)N1c1cccc(-c2ccn[nH]2)c1. The van der Waals surface area contributed by atoms with E-state index in [0.717, 1.165) is 16.2 Å². The summed E-state index contributed by atoms with van der Waals surface area (Å²) in [5, 5.41) is 6.72. The molecule has 0 unspecified atom stereocenters. The standard InChI is InChI=1S/C13H11N3O3/c17-12-7-19-8-13(18)16(12)10-3-1-2-9(6-10)11-4-5-14-15-11/h1-6H,7-8H2,(H,14,15). The molecule has 2 amide bonds. The van der Waals surface area contributed by atoms with Crippen LogP contribution in [0.2, 0.25) is 0 Å². The first-order chi connectivity index (χ1) is 9.25. The molecule has 19 heavy (non-hydrogen) atoms. The molecule has 2 aromatic rings. The normalized spacial score (nSPS) is 15.9. The fourth-order valence-corrected chi connectivity index (χ4v) is 2.01. The topological polar surface area (TPSA) is 75.3 Å². The molecule has 96 valence electrons. The molecule has 0 bridgehead atoms. The zero-order valence-corrected chi connectivity index (χ0v) is 10.00. The van der Waals surface area contributed by atoms with Gasteiger partial charge >= 0.3 is 0 Å². The zero-order chi connectivity index (χ0) is 13.2. The molecule has 6 heteroatoms. The molecule has 1 fully saturated rings. The van der Waals surface area contributed by atoms with Gasteiger partial charge in [-0.1, -0.05) is 12.1 Å². The molecule has 0 aliphatic carbocycles. The lowest BCUT2D eigenvalue weighted by atomic mass is 10.1. The van der Waals surface area contributed by atoms with Gasteiger partial charge in [0.1, 0.15) is 13.2 Å². The Bertz CT molecular complexity index is 606. The summed E-state index contributed by atoms with van der Waals surface area (Å²) in [5.74, 6) is -0.698. The molecule has 0 saturated carbocycles. The van der Waals surface area contributed by atoms with Crippen molar-refractivity contribution in [2.24, 2.45) is 0 Å². The molecule has 6 nitrogen and oxygen atoms in total. The molecule has 1 saturated heterocycles. The minimum absolute atomic E-state index is 0.0694. The number of ether oxygens (including phenoxy) is 1. The van der Waals surface area contributed by atoms with Gasteiger partial charge in [-0.3, -0.25) is 14.7 Å². The number of carbonyl (C=O) groups excluding carboxylic acids is 2. The van der Waals surface area contributed by atoms with Gasteiger partial charge in [-0.25, -0.2) is 4.90 Å². The molecule has 3 rings (SSSR count). The fourth-order valence-electron chi connectivity index (χ4n) is 2.01. The maximum atomic E-state index is 11.8. The molecule has 0 radical (unpaired) electrons. The Morgan fingerprint density at radius 3 is 2.63 bits per heavy atom. The van der Waals surface area contributed by atoms with E-state index in [2.05, 4.69) is 10.2 Å². The Morgan fingerprint density at radius 1 is 1.16 bits per heavy atom. The van der Waals surface area contributed by atoms with Crippen LogP contribution in [0.1, 0.15) is 0 Å². The Labute approximate surface area is 109 Å². The Balaban J connectivity index is 1.99. The van der Waals surface area contributed by atoms with Crippen LogP contribution in [0.5, 0.6) is 0 Å². The Morgan fingerprint density at radius 2 is 1.95 bits per heavy atom. The average molecular weight is 257 g/mol. The van der Waals surface area contributed by atoms with Crippen molar-refractivity contribution in [1.29, 1.82) is 0 Å². The summed E-state index contributed by atoms with van der Waals surface area (Å²) in [7, 11) is 0. The maximum absolute atomic E-state index is 11.8. The number of imide groups is 1. The summed E-state index contributed by atoms with van der Waals surface area (Å²) in [6.45, 7) is -0.139. The number of aromatic amines is 1. The zero-order valence-electron chi connectivity index (χ0n) is 10.00. The van der Waals surface area contributed by atoms with Crippen molar-refractivity contribution < 1.29 is 14.3 Å². The third kappa shape index (κ3) is 2.13. The molecule has 2 heterocycles. The van der Waals surface area contributed by atoms with E-state index in [9.17, 15) is 9.59 Å². The van der Waals surface area contributed by atoms with Gasteiger partial charge in [0.15, 0.2) is 0 Å². The lowest BCUT2D eigenvalue weighted by molar-refractivity contribution is -0.138. The fraction of sp³-hybridized carbons (Fsp3) is 0.154. The van der Waals surface area contributed by atoms with Gasteiger partial charge in [-0.15, -0.1) is 0 Å². The lowest BCUT2D eigenvalue weighted by Gasteiger charge is -2.25. The molecular weight excluding hydrogens is 246 g/mol. The van der Waals surface area contributed by atoms with Gasteiger partial charge in [-0.05, 0) is 18.2 Å². The van der Waals surface area contributed by atoms with E-state index in [-0.39, 0.29) is 25.0 Å². The van der Waals surface area contributed by atoms with Crippen molar-refractivity contribution in [2.45, 2.75) is 0 Å². The number of anilines is 1. The molecule has 0 spiro atoms. The number of hydrogen-bond acceptors (Lipinski definition) is 4. The number of nitrogens with zero attached hydrogens (tertiary/aromatic N) is 2. The van der Waals surface area contributed by atoms with Gasteiger partial charge < -0.3 is 4.74 Å². The van der Waals surface area contributed by atoms with Crippen molar-refractivity contribution in [1.82, 2.24) is 10.2 Å². The third-order valence-corrected chi connectivity index (χ3v) is 2.87. The second-order valence-corrected chi connectivity index (χ2v) is 4.14. The van der Waals surface area contributed by atoms with Crippen molar-refractivity contribution in [2.75, 3.05) is 18.1 Å². The van der Waals surface area contributed by atoms with E-state index in [1.54, 1.807) is 24.4 Å². The number of benzene rings is 1. The number of amides is 2. The van der Waals surface area contributed by atoms with Crippen LogP contribution in [0.4, 0.5) is 5.69 Å². The molecule has 1 aromatic carbocycles. The summed E-state index contributed by atoms with van der Waals surface area (Å²) >= 11 is 0. The van der Waals surface area contributed by atoms with Crippen LogP contribution >= 0.6 is 0 Å². The van der Waals surface area contributed by atoms with Gasteiger partial charge in [-0.2, -0.15) is 5.10 Å². The van der Waals surface area contributed by atoms with Crippen molar-refractivity contribution >= 4 is 17.5 Å². The molecule has 1 N–H and O–H groups in total. The van der Waals surface area contributed by atoms with Crippen LogP contribution in [0, 0.1) is 0 Å². The van der Waals surface area contributed by atoms with Crippen LogP contribution in [0.15, 0.2) is 36.5 Å². The highest BCUT2D eigenvalue weighted by molar-refractivity contribution is 6.17. The van der Waals surface area contributed by atoms with E-state index >= 15 is 0 Å². The van der Waals surface area contributed by atoms with E-state index in [0.29, 0.717) is 5.69 Å². The maximum Gasteiger partial charge on any atom is 0.259 e. The summed E-state index contributed by atoms with van der Waals surface area (Å²) in [6.07, 6.45) is 1.65. The smallest absolute Gasteiger partial charge is 0.259 e. The van der Waals surface area contributed by atoms with Gasteiger partial charge in [0.25, 0.3) is 11.8 Å². The first-order valence-electron chi connectivity index (χ1n) is 5.79. The van der Waals surface area contributed by atoms with E-state index < -0.39 is 0 Å². The van der Waals surface area contributed by atoms with Crippen LogP contribution in [0.25, 0.3) is 11.3 Å². The second kappa shape index (κ2) is 4.66. The minimum Gasteiger partial charge on any atom is -0.362 e. The monoisotopic (exact) mass is 257 g/mol. The summed E-state index contributed by atoms with van der Waals surface area (Å²) < 4.78 is 4.89. The molecular formula is C13H11N3O3. The number of H-pyrrole nitrogens is 1. The largest absolute Gasteiger partial charge is 0.362 e. The quantitative estimate of drug-likeness (QED) is 0.813. The average Bonchev–Trinajstić information content (AvgIpc) is 2.93. The number of nitrogens with one attached hydrogen (secondary N) is 1. The number of aromatic nitrogens is 2. The first kappa shape index (κ1) is 11.6. The van der Waals surface area contributed by atoms with Crippen molar-refractivity contribution in [3.63, 3.8) is 0 Å². The number of rotatable bonds is 2. The lowest BCUT2D eigenvalue weighted by Crippen LogP contribution is -2.46. The van der Waals surface area contributed by atoms with Gasteiger partial charge in [0.05, 0.1) is 11.4 Å². The Kier molecular flexibility index (Phi) is 2.85. The highest BCUT2D eigenvalue weighted by Gasteiger charge is 2.28. The Hall–Kier alpha value is -2.47. The van der Waals surface area contributed by atoms with Crippen LogP contribution in [0.3, 0.4) is 0 Å². The van der Waals surface area contributed by atoms with Crippen LogP contribution in [-0.4, -0.2) is 35.2 Å². The second-order valence-electron chi connectivity index (χ2n) is 4.14. The van der Waals surface area contributed by atoms with Crippen LogP contribution < -0.4 is 4.90 Å². The third-order valence-electron chi connectivity index (χ3n) is 2.87. The highest BCUT2D eigenvalue weighted by Crippen LogP contribution is 2.24. The number of carbonyl (C=O) groups is 2. The summed E-state index contributed by atoms with van der Waals surface area (Å²) in [6, 6.07) is 8.99. The first-order valence-corrected chi connectivity index (χ1v) is 5.79. The van der Waals surface area contributed by atoms with Crippen LogP contribution in [-0.2, 0) is 14.3 Å². The van der Waals surface area contributed by atoms with Crippen molar-refractivity contribution in [3.8, 4) is 11.3 Å². The summed E-state index contributed by atoms with van der Waals surface area (Å²) in [4.78, 5) is 24.7. The highest BCUT2D eigenvalue weighted by atomic mass is 16.5. The molecule has 1 aliphatic rings. The molecule has 0 atom stereocenters. The minimum atomic E-state index is -0.349. The van der Waals surface area contributed by atoms with E-state index in [1.165, 1.54) is 0 Å². The summed E-state index contributed by atoms with van der Waals surface area (Å²) in [5.41, 5.74) is 2.24. The molecule has 1 aliphatic heterocycles. The number of morpholine rings is 1. The predicted octanol–water partition coefficient (Wildman–Crippen LogP) is 0.966.